The third-order valence-electron chi connectivity index (χ3n) is 4.23. The molecule has 1 aliphatic rings. The second-order valence-corrected chi connectivity index (χ2v) is 8.14. The third-order valence-corrected chi connectivity index (χ3v) is 5.51. The summed E-state index contributed by atoms with van der Waals surface area (Å²) in [6.45, 7) is -0.322. The molecule has 0 heterocycles. The molecule has 1 aliphatic carbocycles. The number of para-hydroxylation sites is 1. The van der Waals surface area contributed by atoms with Crippen molar-refractivity contribution in [2.75, 3.05) is 12.8 Å². The first-order valence-electron chi connectivity index (χ1n) is 8.31. The molecule has 0 atom stereocenters. The first kappa shape index (κ1) is 20.0. The Morgan fingerprint density at radius 3 is 2.62 bits per heavy atom. The van der Waals surface area contributed by atoms with Crippen LogP contribution in [-0.4, -0.2) is 48.6 Å². The Labute approximate surface area is 152 Å². The molecule has 26 heavy (non-hydrogen) atoms. The van der Waals surface area contributed by atoms with Crippen LogP contribution in [0.2, 0.25) is 0 Å². The Bertz CT molecular complexity index is 788. The lowest BCUT2D eigenvalue weighted by Gasteiger charge is -2.31. The van der Waals surface area contributed by atoms with Crippen LogP contribution in [0.15, 0.2) is 29.4 Å². The van der Waals surface area contributed by atoms with Crippen LogP contribution in [0.1, 0.15) is 37.7 Å². The Kier molecular flexibility index (Phi) is 6.81. The molecular formula is C16H22N4O5S. The minimum Gasteiger partial charge on any atom is -0.272 e. The molecule has 10 heteroatoms. The molecule has 1 aromatic carbocycles. The van der Waals surface area contributed by atoms with Crippen molar-refractivity contribution in [2.24, 2.45) is 5.10 Å². The van der Waals surface area contributed by atoms with E-state index < -0.39 is 20.9 Å². The maximum absolute atomic E-state index is 12.1. The van der Waals surface area contributed by atoms with Crippen LogP contribution in [0.5, 0.6) is 0 Å². The monoisotopic (exact) mass is 382 g/mol. The summed E-state index contributed by atoms with van der Waals surface area (Å²) in [5, 5.41) is 14.6. The molecule has 1 amide bonds. The molecule has 1 fully saturated rings. The highest BCUT2D eigenvalue weighted by Gasteiger charge is 2.29. The van der Waals surface area contributed by atoms with Crippen molar-refractivity contribution in [3.63, 3.8) is 0 Å². The Balaban J connectivity index is 2.01. The van der Waals surface area contributed by atoms with E-state index in [1.54, 1.807) is 6.07 Å². The third kappa shape index (κ3) is 5.60. The molecule has 2 rings (SSSR count). The number of nitrogens with zero attached hydrogens (tertiary/aromatic N) is 3. The standard InChI is InChI=1S/C16H22N4O5S/c1-26(24,25)19(14-8-3-2-4-9-14)12-16(21)18-17-11-13-7-5-6-10-15(13)20(22)23/h5-7,10-11,14H,2-4,8-9,12H2,1H3,(H,18,21). The van der Waals surface area contributed by atoms with Gasteiger partial charge in [0.05, 0.1) is 29.5 Å². The van der Waals surface area contributed by atoms with Crippen molar-refractivity contribution in [3.8, 4) is 0 Å². The van der Waals surface area contributed by atoms with Crippen LogP contribution in [0.3, 0.4) is 0 Å². The summed E-state index contributed by atoms with van der Waals surface area (Å²) < 4.78 is 25.2. The van der Waals surface area contributed by atoms with Gasteiger partial charge in [-0.05, 0) is 18.9 Å². The number of nitro groups is 1. The Morgan fingerprint density at radius 2 is 2.00 bits per heavy atom. The van der Waals surface area contributed by atoms with Gasteiger partial charge in [-0.2, -0.15) is 9.41 Å². The lowest BCUT2D eigenvalue weighted by atomic mass is 9.95. The van der Waals surface area contributed by atoms with Gasteiger partial charge in [-0.25, -0.2) is 13.8 Å². The summed E-state index contributed by atoms with van der Waals surface area (Å²) >= 11 is 0. The van der Waals surface area contributed by atoms with Gasteiger partial charge in [0, 0.05) is 12.1 Å². The van der Waals surface area contributed by atoms with Crippen LogP contribution in [-0.2, 0) is 14.8 Å². The number of amides is 1. The number of hydrogen-bond donors (Lipinski definition) is 1. The van der Waals surface area contributed by atoms with Crippen molar-refractivity contribution in [3.05, 3.63) is 39.9 Å². The number of nitrogens with one attached hydrogen (secondary N) is 1. The molecule has 0 unspecified atom stereocenters. The smallest absolute Gasteiger partial charge is 0.272 e. The van der Waals surface area contributed by atoms with Gasteiger partial charge < -0.3 is 0 Å². The zero-order valence-electron chi connectivity index (χ0n) is 14.5. The van der Waals surface area contributed by atoms with E-state index in [0.29, 0.717) is 0 Å². The molecule has 0 aromatic heterocycles. The number of hydrazone groups is 1. The number of benzene rings is 1. The normalized spacial score (nSPS) is 16.1. The number of carbonyl (C=O) groups is 1. The molecule has 142 valence electrons. The lowest BCUT2D eigenvalue weighted by molar-refractivity contribution is -0.385. The minimum atomic E-state index is -3.52. The van der Waals surface area contributed by atoms with Crippen LogP contribution in [0.25, 0.3) is 0 Å². The molecule has 1 aromatic rings. The van der Waals surface area contributed by atoms with E-state index in [4.69, 9.17) is 0 Å². The highest BCUT2D eigenvalue weighted by molar-refractivity contribution is 7.88. The molecule has 0 saturated heterocycles. The Morgan fingerprint density at radius 1 is 1.35 bits per heavy atom. The van der Waals surface area contributed by atoms with E-state index in [1.165, 1.54) is 28.7 Å². The first-order valence-corrected chi connectivity index (χ1v) is 10.2. The molecule has 0 bridgehead atoms. The van der Waals surface area contributed by atoms with Gasteiger partial charge >= 0.3 is 0 Å². The zero-order chi connectivity index (χ0) is 19.2. The Hall–Kier alpha value is -2.33. The average molecular weight is 382 g/mol. The second-order valence-electron chi connectivity index (χ2n) is 6.21. The van der Waals surface area contributed by atoms with Gasteiger partial charge in [0.1, 0.15) is 0 Å². The number of hydrogen-bond acceptors (Lipinski definition) is 6. The fourth-order valence-corrected chi connectivity index (χ4v) is 4.10. The van der Waals surface area contributed by atoms with Crippen LogP contribution in [0, 0.1) is 10.1 Å². The predicted molar refractivity (Wildman–Crippen MR) is 97.3 cm³/mol. The van der Waals surface area contributed by atoms with Crippen LogP contribution in [0.4, 0.5) is 5.69 Å². The SMILES string of the molecule is CS(=O)(=O)N(CC(=O)NN=Cc1ccccc1[N+](=O)[O-])C1CCCCC1. The zero-order valence-corrected chi connectivity index (χ0v) is 15.3. The maximum Gasteiger partial charge on any atom is 0.278 e. The van der Waals surface area contributed by atoms with E-state index >= 15 is 0 Å². The quantitative estimate of drug-likeness (QED) is 0.436. The molecular weight excluding hydrogens is 360 g/mol. The number of rotatable bonds is 7. The van der Waals surface area contributed by atoms with E-state index in [-0.39, 0.29) is 23.8 Å². The topological polar surface area (TPSA) is 122 Å². The summed E-state index contributed by atoms with van der Waals surface area (Å²) in [6, 6.07) is 5.80. The molecule has 0 radical (unpaired) electrons. The summed E-state index contributed by atoms with van der Waals surface area (Å²) in [4.78, 5) is 22.5. The largest absolute Gasteiger partial charge is 0.278 e. The van der Waals surface area contributed by atoms with Crippen molar-refractivity contribution in [2.45, 2.75) is 38.1 Å². The van der Waals surface area contributed by atoms with E-state index in [9.17, 15) is 23.3 Å². The van der Waals surface area contributed by atoms with Crippen LogP contribution >= 0.6 is 0 Å². The summed E-state index contributed by atoms with van der Waals surface area (Å²) in [7, 11) is -3.52. The second kappa shape index (κ2) is 8.86. The van der Waals surface area contributed by atoms with Crippen LogP contribution < -0.4 is 5.43 Å². The minimum absolute atomic E-state index is 0.134. The van der Waals surface area contributed by atoms with Crippen molar-refractivity contribution >= 4 is 27.8 Å². The van der Waals surface area contributed by atoms with Crippen molar-refractivity contribution < 1.29 is 18.1 Å². The molecule has 0 aliphatic heterocycles. The van der Waals surface area contributed by atoms with Gasteiger partial charge in [0.2, 0.25) is 10.0 Å². The lowest BCUT2D eigenvalue weighted by Crippen LogP contribution is -2.45. The predicted octanol–water partition coefficient (Wildman–Crippen LogP) is 1.64. The molecule has 1 saturated carbocycles. The van der Waals surface area contributed by atoms with Gasteiger partial charge in [-0.1, -0.05) is 31.4 Å². The number of sulfonamides is 1. The van der Waals surface area contributed by atoms with E-state index in [1.807, 2.05) is 0 Å². The fraction of sp³-hybridized carbons (Fsp3) is 0.500. The fourth-order valence-electron chi connectivity index (χ4n) is 3.00. The van der Waals surface area contributed by atoms with E-state index in [2.05, 4.69) is 10.5 Å². The number of carbonyl (C=O) groups excluding carboxylic acids is 1. The van der Waals surface area contributed by atoms with Crippen molar-refractivity contribution in [1.82, 2.24) is 9.73 Å². The molecule has 1 N–H and O–H groups in total. The first-order chi connectivity index (χ1) is 12.3. The summed E-state index contributed by atoms with van der Waals surface area (Å²) in [5.74, 6) is -0.587. The number of nitro benzene ring substituents is 1. The maximum atomic E-state index is 12.1. The summed E-state index contributed by atoms with van der Waals surface area (Å²) in [6.07, 6.45) is 6.68. The van der Waals surface area contributed by atoms with Gasteiger partial charge in [-0.15, -0.1) is 0 Å². The highest BCUT2D eigenvalue weighted by atomic mass is 32.2. The van der Waals surface area contributed by atoms with Gasteiger partial charge in [0.15, 0.2) is 0 Å². The molecule has 0 spiro atoms. The average Bonchev–Trinajstić information content (AvgIpc) is 2.60. The summed E-state index contributed by atoms with van der Waals surface area (Å²) in [5.41, 5.74) is 2.35. The van der Waals surface area contributed by atoms with E-state index in [0.717, 1.165) is 38.4 Å². The molecule has 9 nitrogen and oxygen atoms in total. The van der Waals surface area contributed by atoms with Gasteiger partial charge in [0.25, 0.3) is 11.6 Å². The van der Waals surface area contributed by atoms with Gasteiger partial charge in [-0.3, -0.25) is 14.9 Å². The highest BCUT2D eigenvalue weighted by Crippen LogP contribution is 2.24. The van der Waals surface area contributed by atoms with Crippen molar-refractivity contribution in [1.29, 1.82) is 0 Å².